The monoisotopic (exact) mass is 269 g/mol. The van der Waals surface area contributed by atoms with Crippen molar-refractivity contribution in [2.45, 2.75) is 40.2 Å². The maximum Gasteiger partial charge on any atom is 0.0702 e. The van der Waals surface area contributed by atoms with E-state index in [1.807, 2.05) is 18.2 Å². The Labute approximate surface area is 116 Å². The minimum absolute atomic E-state index is 0.0370. The molecule has 0 aliphatic rings. The van der Waals surface area contributed by atoms with Gasteiger partial charge in [-0.15, -0.1) is 0 Å². The molecule has 1 aromatic rings. The molecule has 1 aromatic carbocycles. The Balaban J connectivity index is 3.00. The highest BCUT2D eigenvalue weighted by Gasteiger charge is 2.16. The van der Waals surface area contributed by atoms with Gasteiger partial charge in [-0.05, 0) is 18.9 Å². The molecule has 0 saturated heterocycles. The van der Waals surface area contributed by atoms with Gasteiger partial charge in [0.1, 0.15) is 0 Å². The molecule has 0 fully saturated rings. The third kappa shape index (κ3) is 3.63. The average Bonchev–Trinajstić information content (AvgIpc) is 2.41. The largest absolute Gasteiger partial charge is 0.392 e. The zero-order valence-corrected chi connectivity index (χ0v) is 12.4. The van der Waals surface area contributed by atoms with Crippen molar-refractivity contribution in [3.63, 3.8) is 0 Å². The second kappa shape index (κ2) is 7.65. The van der Waals surface area contributed by atoms with Crippen molar-refractivity contribution >= 4 is 17.3 Å². The van der Waals surface area contributed by atoms with E-state index in [2.05, 4.69) is 25.7 Å². The zero-order valence-electron chi connectivity index (χ0n) is 11.6. The molecule has 0 aromatic heterocycles. The number of aliphatic hydroxyl groups excluding tert-OH is 1. The Morgan fingerprint density at radius 3 is 2.39 bits per heavy atom. The fourth-order valence-electron chi connectivity index (χ4n) is 2.28. The van der Waals surface area contributed by atoms with Gasteiger partial charge in [0, 0.05) is 18.7 Å². The van der Waals surface area contributed by atoms with Gasteiger partial charge in [0.05, 0.1) is 17.3 Å². The topological polar surface area (TPSA) is 23.5 Å². The van der Waals surface area contributed by atoms with E-state index in [1.165, 1.54) is 12.8 Å². The third-order valence-corrected chi connectivity index (χ3v) is 3.88. The minimum atomic E-state index is 0.0370. The average molecular weight is 270 g/mol. The Morgan fingerprint density at radius 1 is 1.22 bits per heavy atom. The standard InChI is InChI=1S/C15H24ClNO/c1-4-12(5-2)10-17(6-3)15-13(11-18)8-7-9-14(15)16/h7-9,12,18H,4-6,10-11H2,1-3H3. The van der Waals surface area contributed by atoms with E-state index >= 15 is 0 Å². The fourth-order valence-corrected chi connectivity index (χ4v) is 2.59. The molecule has 0 spiro atoms. The van der Waals surface area contributed by atoms with Crippen LogP contribution in [0.25, 0.3) is 0 Å². The van der Waals surface area contributed by atoms with Gasteiger partial charge < -0.3 is 10.0 Å². The highest BCUT2D eigenvalue weighted by atomic mass is 35.5. The van der Waals surface area contributed by atoms with Gasteiger partial charge in [0.25, 0.3) is 0 Å². The van der Waals surface area contributed by atoms with Crippen molar-refractivity contribution in [3.8, 4) is 0 Å². The predicted octanol–water partition coefficient (Wildman–Crippen LogP) is 4.09. The Morgan fingerprint density at radius 2 is 1.89 bits per heavy atom. The summed E-state index contributed by atoms with van der Waals surface area (Å²) in [6.07, 6.45) is 2.35. The van der Waals surface area contributed by atoms with Crippen LogP contribution in [0.15, 0.2) is 18.2 Å². The van der Waals surface area contributed by atoms with Crippen LogP contribution in [-0.4, -0.2) is 18.2 Å². The lowest BCUT2D eigenvalue weighted by Crippen LogP contribution is -2.30. The van der Waals surface area contributed by atoms with E-state index in [0.29, 0.717) is 5.92 Å². The van der Waals surface area contributed by atoms with Crippen molar-refractivity contribution in [2.24, 2.45) is 5.92 Å². The third-order valence-electron chi connectivity index (χ3n) is 3.57. The van der Waals surface area contributed by atoms with Gasteiger partial charge >= 0.3 is 0 Å². The lowest BCUT2D eigenvalue weighted by Gasteiger charge is -2.30. The van der Waals surface area contributed by atoms with Crippen molar-refractivity contribution < 1.29 is 5.11 Å². The van der Waals surface area contributed by atoms with Crippen molar-refractivity contribution in [1.82, 2.24) is 0 Å². The molecule has 0 radical (unpaired) electrons. The maximum atomic E-state index is 9.45. The minimum Gasteiger partial charge on any atom is -0.392 e. The summed E-state index contributed by atoms with van der Waals surface area (Å²) in [5.74, 6) is 0.674. The molecule has 1 rings (SSSR count). The van der Waals surface area contributed by atoms with Crippen molar-refractivity contribution in [3.05, 3.63) is 28.8 Å². The lowest BCUT2D eigenvalue weighted by atomic mass is 10.0. The summed E-state index contributed by atoms with van der Waals surface area (Å²) in [7, 11) is 0. The second-order valence-corrected chi connectivity index (χ2v) is 5.03. The molecule has 1 N–H and O–H groups in total. The number of nitrogens with zero attached hydrogens (tertiary/aromatic N) is 1. The molecule has 0 unspecified atom stereocenters. The van der Waals surface area contributed by atoms with Crippen LogP contribution in [0.3, 0.4) is 0 Å². The molecule has 0 atom stereocenters. The van der Waals surface area contributed by atoms with Crippen LogP contribution in [0.4, 0.5) is 5.69 Å². The molecule has 0 aliphatic carbocycles. The Bertz CT molecular complexity index is 364. The zero-order chi connectivity index (χ0) is 13.5. The van der Waals surface area contributed by atoms with E-state index in [1.54, 1.807) is 0 Å². The predicted molar refractivity (Wildman–Crippen MR) is 79.3 cm³/mol. The summed E-state index contributed by atoms with van der Waals surface area (Å²) in [5.41, 5.74) is 1.91. The molecular formula is C15H24ClNO. The number of aliphatic hydroxyl groups is 1. The number of anilines is 1. The summed E-state index contributed by atoms with van der Waals surface area (Å²) < 4.78 is 0. The summed E-state index contributed by atoms with van der Waals surface area (Å²) in [4.78, 5) is 2.28. The summed E-state index contributed by atoms with van der Waals surface area (Å²) >= 11 is 6.30. The number of hydrogen-bond acceptors (Lipinski definition) is 2. The van der Waals surface area contributed by atoms with Crippen molar-refractivity contribution in [1.29, 1.82) is 0 Å². The Hall–Kier alpha value is -0.730. The van der Waals surface area contributed by atoms with Gasteiger partial charge in [-0.3, -0.25) is 0 Å². The summed E-state index contributed by atoms with van der Waals surface area (Å²) in [5, 5.41) is 10.2. The van der Waals surface area contributed by atoms with Crippen LogP contribution in [0.2, 0.25) is 5.02 Å². The maximum absolute atomic E-state index is 9.45. The second-order valence-electron chi connectivity index (χ2n) is 4.63. The number of halogens is 1. The van der Waals surface area contributed by atoms with E-state index in [9.17, 15) is 5.11 Å². The molecule has 18 heavy (non-hydrogen) atoms. The van der Waals surface area contributed by atoms with Gasteiger partial charge in [-0.1, -0.05) is 50.4 Å². The van der Waals surface area contributed by atoms with Gasteiger partial charge in [-0.2, -0.15) is 0 Å². The normalized spacial score (nSPS) is 11.0. The van der Waals surface area contributed by atoms with Crippen LogP contribution in [0.1, 0.15) is 39.2 Å². The SMILES string of the molecule is CCC(CC)CN(CC)c1c(Cl)cccc1CO. The van der Waals surface area contributed by atoms with Gasteiger partial charge in [0.2, 0.25) is 0 Å². The highest BCUT2D eigenvalue weighted by molar-refractivity contribution is 6.33. The Kier molecular flexibility index (Phi) is 6.51. The molecule has 0 amide bonds. The van der Waals surface area contributed by atoms with Crippen LogP contribution in [0, 0.1) is 5.92 Å². The first-order valence-corrected chi connectivity index (χ1v) is 7.18. The highest BCUT2D eigenvalue weighted by Crippen LogP contribution is 2.31. The number of para-hydroxylation sites is 1. The lowest BCUT2D eigenvalue weighted by molar-refractivity contribution is 0.282. The summed E-state index contributed by atoms with van der Waals surface area (Å²) in [6, 6.07) is 5.73. The molecule has 0 heterocycles. The molecular weight excluding hydrogens is 246 g/mol. The van der Waals surface area contributed by atoms with Crippen molar-refractivity contribution in [2.75, 3.05) is 18.0 Å². The fraction of sp³-hybridized carbons (Fsp3) is 0.600. The van der Waals surface area contributed by atoms with Crippen LogP contribution in [-0.2, 0) is 6.61 Å². The first-order chi connectivity index (χ1) is 8.67. The quantitative estimate of drug-likeness (QED) is 0.806. The number of hydrogen-bond donors (Lipinski definition) is 1. The molecule has 0 bridgehead atoms. The number of benzene rings is 1. The van der Waals surface area contributed by atoms with Crippen LogP contribution >= 0.6 is 11.6 Å². The van der Waals surface area contributed by atoms with Crippen LogP contribution < -0.4 is 4.90 Å². The van der Waals surface area contributed by atoms with E-state index in [-0.39, 0.29) is 6.61 Å². The molecule has 3 heteroatoms. The van der Waals surface area contributed by atoms with Crippen LogP contribution in [0.5, 0.6) is 0 Å². The van der Waals surface area contributed by atoms with Gasteiger partial charge in [0.15, 0.2) is 0 Å². The first kappa shape index (κ1) is 15.3. The van der Waals surface area contributed by atoms with Gasteiger partial charge in [-0.25, -0.2) is 0 Å². The first-order valence-electron chi connectivity index (χ1n) is 6.80. The van der Waals surface area contributed by atoms with E-state index < -0.39 is 0 Å². The van der Waals surface area contributed by atoms with E-state index in [0.717, 1.165) is 29.4 Å². The molecule has 102 valence electrons. The number of rotatable bonds is 7. The molecule has 2 nitrogen and oxygen atoms in total. The smallest absolute Gasteiger partial charge is 0.0702 e. The molecule has 0 aliphatic heterocycles. The summed E-state index contributed by atoms with van der Waals surface area (Å²) in [6.45, 7) is 8.53. The van der Waals surface area contributed by atoms with E-state index in [4.69, 9.17) is 11.6 Å². The molecule has 0 saturated carbocycles.